The van der Waals surface area contributed by atoms with Crippen LogP contribution in [0.25, 0.3) is 0 Å². The van der Waals surface area contributed by atoms with Crippen molar-refractivity contribution in [2.24, 2.45) is 5.92 Å². The molecule has 0 aromatic heterocycles. The molecule has 1 aliphatic heterocycles. The lowest BCUT2D eigenvalue weighted by Gasteiger charge is -2.33. The fourth-order valence-electron chi connectivity index (χ4n) is 2.01. The van der Waals surface area contributed by atoms with Crippen LogP contribution >= 0.6 is 0 Å². The fraction of sp³-hybridized carbons (Fsp3) is 0.909. The molecular formula is C11H22N2O2. The maximum Gasteiger partial charge on any atom is 0.321 e. The molecule has 2 atom stereocenters. The van der Waals surface area contributed by atoms with E-state index in [0.717, 1.165) is 25.9 Å². The maximum absolute atomic E-state index is 11.2. The summed E-state index contributed by atoms with van der Waals surface area (Å²) >= 11 is 0. The van der Waals surface area contributed by atoms with Gasteiger partial charge in [0, 0.05) is 12.1 Å². The Bertz CT molecular complexity index is 217. The van der Waals surface area contributed by atoms with Crippen molar-refractivity contribution < 1.29 is 9.90 Å². The second-order valence-electron chi connectivity index (χ2n) is 5.32. The van der Waals surface area contributed by atoms with Gasteiger partial charge in [-0.05, 0) is 46.1 Å². The molecule has 0 radical (unpaired) electrons. The van der Waals surface area contributed by atoms with Crippen LogP contribution in [0.5, 0.6) is 0 Å². The van der Waals surface area contributed by atoms with E-state index in [1.807, 2.05) is 20.8 Å². The lowest BCUT2D eigenvalue weighted by atomic mass is 9.90. The van der Waals surface area contributed by atoms with Crippen LogP contribution in [0.2, 0.25) is 0 Å². The van der Waals surface area contributed by atoms with E-state index in [0.29, 0.717) is 0 Å². The van der Waals surface area contributed by atoms with Gasteiger partial charge in [-0.1, -0.05) is 0 Å². The van der Waals surface area contributed by atoms with Crippen LogP contribution in [0, 0.1) is 5.92 Å². The average Bonchev–Trinajstić information content (AvgIpc) is 2.14. The first-order valence-corrected chi connectivity index (χ1v) is 5.61. The predicted octanol–water partition coefficient (Wildman–Crippen LogP) is 0.827. The number of carbonyl (C=O) groups is 1. The van der Waals surface area contributed by atoms with Gasteiger partial charge in [0.05, 0.1) is 0 Å². The molecule has 88 valence electrons. The van der Waals surface area contributed by atoms with E-state index in [2.05, 4.69) is 10.6 Å². The third-order valence-electron chi connectivity index (χ3n) is 2.66. The Morgan fingerprint density at radius 2 is 2.20 bits per heavy atom. The van der Waals surface area contributed by atoms with Crippen LogP contribution in [0.15, 0.2) is 0 Å². The third-order valence-corrected chi connectivity index (χ3v) is 2.66. The van der Waals surface area contributed by atoms with Gasteiger partial charge in [-0.25, -0.2) is 0 Å². The van der Waals surface area contributed by atoms with Crippen molar-refractivity contribution in [1.82, 2.24) is 10.6 Å². The molecule has 0 saturated carbocycles. The van der Waals surface area contributed by atoms with E-state index in [1.54, 1.807) is 0 Å². The molecule has 15 heavy (non-hydrogen) atoms. The van der Waals surface area contributed by atoms with Crippen LogP contribution < -0.4 is 10.6 Å². The summed E-state index contributed by atoms with van der Waals surface area (Å²) < 4.78 is 0. The smallest absolute Gasteiger partial charge is 0.321 e. The van der Waals surface area contributed by atoms with E-state index >= 15 is 0 Å². The number of nitrogens with one attached hydrogen (secondary N) is 2. The Morgan fingerprint density at radius 3 is 2.60 bits per heavy atom. The van der Waals surface area contributed by atoms with E-state index in [9.17, 15) is 9.90 Å². The molecule has 1 fully saturated rings. The highest BCUT2D eigenvalue weighted by Gasteiger charge is 2.31. The van der Waals surface area contributed by atoms with Crippen molar-refractivity contribution in [2.75, 3.05) is 13.1 Å². The molecule has 0 amide bonds. The highest BCUT2D eigenvalue weighted by molar-refractivity contribution is 5.74. The summed E-state index contributed by atoms with van der Waals surface area (Å²) in [7, 11) is 0. The lowest BCUT2D eigenvalue weighted by Crippen LogP contribution is -2.54. The fourth-order valence-corrected chi connectivity index (χ4v) is 2.01. The Balaban J connectivity index is 2.60. The standard InChI is InChI=1S/C11H22N2O2/c1-11(2,3)13-9(10(14)15)8-5-4-6-12-7-8/h8-9,12-13H,4-7H2,1-3H3,(H,14,15). The van der Waals surface area contributed by atoms with Crippen molar-refractivity contribution >= 4 is 5.97 Å². The zero-order valence-corrected chi connectivity index (χ0v) is 9.84. The van der Waals surface area contributed by atoms with Gasteiger partial charge in [0.15, 0.2) is 0 Å². The van der Waals surface area contributed by atoms with Crippen molar-refractivity contribution in [3.63, 3.8) is 0 Å². The minimum Gasteiger partial charge on any atom is -0.480 e. The van der Waals surface area contributed by atoms with Crippen molar-refractivity contribution in [1.29, 1.82) is 0 Å². The molecule has 3 N–H and O–H groups in total. The number of piperidine rings is 1. The van der Waals surface area contributed by atoms with Gasteiger partial charge in [0.2, 0.25) is 0 Å². The highest BCUT2D eigenvalue weighted by Crippen LogP contribution is 2.17. The molecule has 0 spiro atoms. The monoisotopic (exact) mass is 214 g/mol. The van der Waals surface area contributed by atoms with Gasteiger partial charge >= 0.3 is 5.97 Å². The van der Waals surface area contributed by atoms with Crippen LogP contribution in [-0.2, 0) is 4.79 Å². The zero-order chi connectivity index (χ0) is 11.5. The number of hydrogen-bond donors (Lipinski definition) is 3. The number of hydrogen-bond acceptors (Lipinski definition) is 3. The minimum absolute atomic E-state index is 0.152. The molecular weight excluding hydrogens is 192 g/mol. The summed E-state index contributed by atoms with van der Waals surface area (Å²) in [5.41, 5.74) is -0.152. The van der Waals surface area contributed by atoms with E-state index < -0.39 is 12.0 Å². The quantitative estimate of drug-likeness (QED) is 0.651. The number of rotatable bonds is 3. The Kier molecular flexibility index (Phi) is 4.11. The van der Waals surface area contributed by atoms with Crippen LogP contribution in [0.4, 0.5) is 0 Å². The van der Waals surface area contributed by atoms with Gasteiger partial charge < -0.3 is 10.4 Å². The number of aliphatic carboxylic acids is 1. The van der Waals surface area contributed by atoms with Gasteiger partial charge in [-0.2, -0.15) is 0 Å². The first-order chi connectivity index (χ1) is 6.90. The molecule has 4 nitrogen and oxygen atoms in total. The van der Waals surface area contributed by atoms with Crippen molar-refractivity contribution in [2.45, 2.75) is 45.2 Å². The third kappa shape index (κ3) is 4.18. The molecule has 4 heteroatoms. The summed E-state index contributed by atoms with van der Waals surface area (Å²) in [4.78, 5) is 11.2. The van der Waals surface area contributed by atoms with Crippen LogP contribution in [0.3, 0.4) is 0 Å². The van der Waals surface area contributed by atoms with E-state index in [4.69, 9.17) is 0 Å². The molecule has 0 aromatic carbocycles. The van der Waals surface area contributed by atoms with Gasteiger partial charge in [0.25, 0.3) is 0 Å². The molecule has 0 aromatic rings. The minimum atomic E-state index is -0.737. The van der Waals surface area contributed by atoms with Gasteiger partial charge in [-0.15, -0.1) is 0 Å². The first-order valence-electron chi connectivity index (χ1n) is 5.61. The summed E-state index contributed by atoms with van der Waals surface area (Å²) in [6, 6.07) is -0.433. The Labute approximate surface area is 91.4 Å². The summed E-state index contributed by atoms with van der Waals surface area (Å²) in [6.45, 7) is 7.82. The Morgan fingerprint density at radius 1 is 1.53 bits per heavy atom. The molecule has 0 bridgehead atoms. The second-order valence-corrected chi connectivity index (χ2v) is 5.32. The topological polar surface area (TPSA) is 61.4 Å². The van der Waals surface area contributed by atoms with E-state index in [-0.39, 0.29) is 11.5 Å². The van der Waals surface area contributed by atoms with Crippen molar-refractivity contribution in [3.8, 4) is 0 Å². The second kappa shape index (κ2) is 4.94. The number of carboxylic acid groups (broad SMARTS) is 1. The zero-order valence-electron chi connectivity index (χ0n) is 9.84. The van der Waals surface area contributed by atoms with Gasteiger partial charge in [0.1, 0.15) is 6.04 Å². The predicted molar refractivity (Wildman–Crippen MR) is 59.9 cm³/mol. The Hall–Kier alpha value is -0.610. The largest absolute Gasteiger partial charge is 0.480 e. The van der Waals surface area contributed by atoms with E-state index in [1.165, 1.54) is 0 Å². The molecule has 2 unspecified atom stereocenters. The summed E-state index contributed by atoms with van der Waals surface area (Å²) in [5.74, 6) is -0.533. The highest BCUT2D eigenvalue weighted by atomic mass is 16.4. The molecule has 0 aliphatic carbocycles. The first kappa shape index (κ1) is 12.5. The van der Waals surface area contributed by atoms with Crippen LogP contribution in [-0.4, -0.2) is 35.7 Å². The van der Waals surface area contributed by atoms with Gasteiger partial charge in [-0.3, -0.25) is 10.1 Å². The maximum atomic E-state index is 11.2. The number of carboxylic acids is 1. The van der Waals surface area contributed by atoms with Crippen molar-refractivity contribution in [3.05, 3.63) is 0 Å². The average molecular weight is 214 g/mol. The molecule has 1 heterocycles. The lowest BCUT2D eigenvalue weighted by molar-refractivity contribution is -0.141. The SMILES string of the molecule is CC(C)(C)NC(C(=O)O)C1CCCNC1. The molecule has 1 rings (SSSR count). The van der Waals surface area contributed by atoms with Crippen LogP contribution in [0.1, 0.15) is 33.6 Å². The summed E-state index contributed by atoms with van der Waals surface area (Å²) in [6.07, 6.45) is 2.06. The normalized spacial score (nSPS) is 24.9. The molecule has 1 aliphatic rings. The summed E-state index contributed by atoms with van der Waals surface area (Å²) in [5, 5.41) is 15.6. The molecule has 1 saturated heterocycles.